The lowest BCUT2D eigenvalue weighted by Gasteiger charge is -2.04. The molecule has 0 heterocycles. The third-order valence-electron chi connectivity index (χ3n) is 2.54. The van der Waals surface area contributed by atoms with Crippen molar-refractivity contribution in [2.24, 2.45) is 21.5 Å². The molecule has 0 saturated heterocycles. The molecule has 0 spiro atoms. The van der Waals surface area contributed by atoms with E-state index in [1.165, 1.54) is 12.8 Å². The van der Waals surface area contributed by atoms with Crippen LogP contribution in [-0.4, -0.2) is 18.6 Å². The van der Waals surface area contributed by atoms with E-state index in [1.807, 2.05) is 0 Å². The number of aliphatic imine (C=N–C) groups is 2. The highest BCUT2D eigenvalue weighted by Gasteiger charge is 1.97. The van der Waals surface area contributed by atoms with Crippen molar-refractivity contribution in [3.05, 3.63) is 29.3 Å². The van der Waals surface area contributed by atoms with Gasteiger partial charge in [0.25, 0.3) is 6.02 Å². The Balaban J connectivity index is 2.44. The Hall–Kier alpha value is -1.75. The van der Waals surface area contributed by atoms with Gasteiger partial charge in [0.05, 0.1) is 12.3 Å². The number of unbranched alkanes of at least 4 members (excludes halogenated alkanes) is 3. The number of benzene rings is 1. The molecule has 0 atom stereocenters. The average Bonchev–Trinajstić information content (AvgIpc) is 2.41. The zero-order chi connectivity index (χ0) is 14.8. The van der Waals surface area contributed by atoms with Crippen LogP contribution in [0.5, 0.6) is 0 Å². The van der Waals surface area contributed by atoms with Gasteiger partial charge in [0.15, 0.2) is 0 Å². The van der Waals surface area contributed by atoms with Gasteiger partial charge in [0.1, 0.15) is 0 Å². The maximum atomic E-state index is 5.78. The van der Waals surface area contributed by atoms with Gasteiger partial charge >= 0.3 is 0 Å². The predicted molar refractivity (Wildman–Crippen MR) is 84.5 cm³/mol. The van der Waals surface area contributed by atoms with E-state index in [-0.39, 0.29) is 12.0 Å². The summed E-state index contributed by atoms with van der Waals surface area (Å²) in [7, 11) is 0. The molecule has 4 N–H and O–H groups in total. The number of halogens is 1. The minimum absolute atomic E-state index is 0.0386. The van der Waals surface area contributed by atoms with E-state index in [9.17, 15) is 0 Å². The fourth-order valence-corrected chi connectivity index (χ4v) is 1.65. The van der Waals surface area contributed by atoms with Gasteiger partial charge in [-0.15, -0.1) is 0 Å². The summed E-state index contributed by atoms with van der Waals surface area (Å²) in [6.45, 7) is 2.70. The average molecular weight is 297 g/mol. The van der Waals surface area contributed by atoms with Gasteiger partial charge in [-0.2, -0.15) is 4.99 Å². The second kappa shape index (κ2) is 9.20. The van der Waals surface area contributed by atoms with Crippen LogP contribution < -0.4 is 11.5 Å². The molecule has 0 unspecified atom stereocenters. The van der Waals surface area contributed by atoms with Gasteiger partial charge in [-0.05, 0) is 30.7 Å². The highest BCUT2D eigenvalue weighted by atomic mass is 35.5. The molecule has 1 aromatic carbocycles. The second-order valence-corrected chi connectivity index (χ2v) is 4.74. The van der Waals surface area contributed by atoms with Crippen LogP contribution in [0.15, 0.2) is 34.3 Å². The third-order valence-corrected chi connectivity index (χ3v) is 2.79. The number of rotatable bonds is 6. The molecule has 6 heteroatoms. The summed E-state index contributed by atoms with van der Waals surface area (Å²) >= 11 is 5.78. The number of guanidine groups is 1. The number of ether oxygens (including phenoxy) is 1. The third kappa shape index (κ3) is 6.99. The summed E-state index contributed by atoms with van der Waals surface area (Å²) in [5.41, 5.74) is 11.9. The summed E-state index contributed by atoms with van der Waals surface area (Å²) in [5.74, 6) is 0.0541. The SMILES string of the molecule is CCCCCCO/C(N)=N/C(N)=Nc1ccc(Cl)cc1. The molecule has 0 radical (unpaired) electrons. The molecule has 5 nitrogen and oxygen atoms in total. The maximum Gasteiger partial charge on any atom is 0.289 e. The van der Waals surface area contributed by atoms with E-state index < -0.39 is 0 Å². The van der Waals surface area contributed by atoms with Crippen LogP contribution in [0.4, 0.5) is 5.69 Å². The standard InChI is InChI=1S/C14H21ClN4O/c1-2-3-4-5-10-20-14(17)19-13(16)18-12-8-6-11(15)7-9-12/h6-9H,2-5,10H2,1H3,(H4,16,17,18,19). The lowest BCUT2D eigenvalue weighted by molar-refractivity contribution is 0.288. The van der Waals surface area contributed by atoms with E-state index >= 15 is 0 Å². The first-order valence-corrected chi connectivity index (χ1v) is 7.06. The van der Waals surface area contributed by atoms with Crippen molar-refractivity contribution in [3.8, 4) is 0 Å². The van der Waals surface area contributed by atoms with Crippen LogP contribution in [-0.2, 0) is 4.74 Å². The monoisotopic (exact) mass is 296 g/mol. The Morgan fingerprint density at radius 2 is 1.85 bits per heavy atom. The first-order chi connectivity index (χ1) is 9.61. The van der Waals surface area contributed by atoms with E-state index in [2.05, 4.69) is 16.9 Å². The summed E-state index contributed by atoms with van der Waals surface area (Å²) in [6, 6.07) is 6.98. The van der Waals surface area contributed by atoms with Gasteiger partial charge < -0.3 is 16.2 Å². The van der Waals surface area contributed by atoms with Crippen LogP contribution >= 0.6 is 11.6 Å². The van der Waals surface area contributed by atoms with Crippen LogP contribution in [0.25, 0.3) is 0 Å². The summed E-state index contributed by atoms with van der Waals surface area (Å²) in [4.78, 5) is 7.97. The Morgan fingerprint density at radius 1 is 1.15 bits per heavy atom. The zero-order valence-electron chi connectivity index (χ0n) is 11.7. The number of hydrogen-bond acceptors (Lipinski definition) is 2. The van der Waals surface area contributed by atoms with E-state index in [4.69, 9.17) is 27.8 Å². The van der Waals surface area contributed by atoms with Crippen LogP contribution in [0.3, 0.4) is 0 Å². The molecule has 0 bridgehead atoms. The van der Waals surface area contributed by atoms with Gasteiger partial charge in [0, 0.05) is 5.02 Å². The molecule has 0 amide bonds. The summed E-state index contributed by atoms with van der Waals surface area (Å²) < 4.78 is 5.26. The minimum Gasteiger partial charge on any atom is -0.465 e. The number of amidine groups is 1. The highest BCUT2D eigenvalue weighted by molar-refractivity contribution is 6.30. The number of nitrogens with zero attached hydrogens (tertiary/aromatic N) is 2. The van der Waals surface area contributed by atoms with Crippen LogP contribution in [0.1, 0.15) is 32.6 Å². The fraction of sp³-hybridized carbons (Fsp3) is 0.429. The predicted octanol–water partition coefficient (Wildman–Crippen LogP) is 3.20. The largest absolute Gasteiger partial charge is 0.465 e. The second-order valence-electron chi connectivity index (χ2n) is 4.31. The van der Waals surface area contributed by atoms with Crippen LogP contribution in [0.2, 0.25) is 5.02 Å². The Kier molecular flexibility index (Phi) is 7.50. The summed E-state index contributed by atoms with van der Waals surface area (Å²) in [6.07, 6.45) is 4.46. The van der Waals surface area contributed by atoms with Gasteiger partial charge in [-0.25, -0.2) is 4.99 Å². The molecule has 0 fully saturated rings. The topological polar surface area (TPSA) is 86.0 Å². The first-order valence-electron chi connectivity index (χ1n) is 6.68. The summed E-state index contributed by atoms with van der Waals surface area (Å²) in [5, 5.41) is 0.640. The first kappa shape index (κ1) is 16.3. The van der Waals surface area contributed by atoms with Crippen molar-refractivity contribution in [1.29, 1.82) is 0 Å². The zero-order valence-corrected chi connectivity index (χ0v) is 12.4. The quantitative estimate of drug-likeness (QED) is 0.480. The normalized spacial score (nSPS) is 12.5. The minimum atomic E-state index is 0.0386. The lowest BCUT2D eigenvalue weighted by Crippen LogP contribution is -2.21. The molecular weight excluding hydrogens is 276 g/mol. The molecule has 1 rings (SSSR count). The molecule has 0 aliphatic heterocycles. The molecular formula is C14H21ClN4O. The molecule has 110 valence electrons. The van der Waals surface area contributed by atoms with Crippen molar-refractivity contribution in [3.63, 3.8) is 0 Å². The Morgan fingerprint density at radius 3 is 2.50 bits per heavy atom. The smallest absolute Gasteiger partial charge is 0.289 e. The molecule has 20 heavy (non-hydrogen) atoms. The van der Waals surface area contributed by atoms with E-state index in [0.717, 1.165) is 12.8 Å². The van der Waals surface area contributed by atoms with Crippen molar-refractivity contribution >= 4 is 29.3 Å². The van der Waals surface area contributed by atoms with E-state index in [0.29, 0.717) is 17.3 Å². The molecule has 0 aromatic heterocycles. The maximum absolute atomic E-state index is 5.78. The number of nitrogens with two attached hydrogens (primary N) is 2. The van der Waals surface area contributed by atoms with Gasteiger partial charge in [-0.3, -0.25) is 0 Å². The van der Waals surface area contributed by atoms with Crippen molar-refractivity contribution in [2.75, 3.05) is 6.61 Å². The fourth-order valence-electron chi connectivity index (χ4n) is 1.52. The highest BCUT2D eigenvalue weighted by Crippen LogP contribution is 2.15. The van der Waals surface area contributed by atoms with Crippen molar-refractivity contribution in [2.45, 2.75) is 32.6 Å². The van der Waals surface area contributed by atoms with Gasteiger partial charge in [0.2, 0.25) is 5.96 Å². The van der Waals surface area contributed by atoms with Crippen molar-refractivity contribution < 1.29 is 4.74 Å². The molecule has 0 saturated carbocycles. The molecule has 0 aliphatic carbocycles. The van der Waals surface area contributed by atoms with Gasteiger partial charge in [-0.1, -0.05) is 37.8 Å². The Bertz CT molecular complexity index is 457. The lowest BCUT2D eigenvalue weighted by atomic mass is 10.2. The van der Waals surface area contributed by atoms with Crippen molar-refractivity contribution in [1.82, 2.24) is 0 Å². The Labute approximate surface area is 124 Å². The number of hydrogen-bond donors (Lipinski definition) is 2. The molecule has 0 aliphatic rings. The van der Waals surface area contributed by atoms with Crippen LogP contribution in [0, 0.1) is 0 Å². The molecule has 1 aromatic rings. The van der Waals surface area contributed by atoms with E-state index in [1.54, 1.807) is 24.3 Å².